The van der Waals surface area contributed by atoms with Crippen molar-refractivity contribution >= 4 is 11.9 Å². The number of fused-ring (bicyclic) bond motifs is 2. The molecule has 2 heterocycles. The molecule has 1 amide bonds. The van der Waals surface area contributed by atoms with Gasteiger partial charge >= 0.3 is 0 Å². The van der Waals surface area contributed by atoms with Crippen LogP contribution in [-0.2, 0) is 10.3 Å². The summed E-state index contributed by atoms with van der Waals surface area (Å²) >= 11 is 0. The first-order chi connectivity index (χ1) is 9.12. The van der Waals surface area contributed by atoms with Crippen molar-refractivity contribution in [2.75, 3.05) is 6.61 Å². The van der Waals surface area contributed by atoms with Gasteiger partial charge in [0.05, 0.1) is 6.61 Å². The first kappa shape index (κ1) is 12.0. The molecular weight excluding hydrogens is 242 g/mol. The predicted octanol–water partition coefficient (Wildman–Crippen LogP) is 1.15. The molecule has 2 aliphatic heterocycles. The number of ether oxygens (including phenoxy) is 1. The topological polar surface area (TPSA) is 62.7 Å². The Hall–Kier alpha value is -2.04. The van der Waals surface area contributed by atoms with E-state index in [-0.39, 0.29) is 11.9 Å². The molecule has 1 fully saturated rings. The van der Waals surface area contributed by atoms with Crippen molar-refractivity contribution in [3.05, 3.63) is 29.8 Å². The first-order valence-corrected chi connectivity index (χ1v) is 6.51. The molecule has 0 aromatic heterocycles. The number of benzene rings is 1. The van der Waals surface area contributed by atoms with Crippen molar-refractivity contribution in [3.63, 3.8) is 0 Å². The van der Waals surface area contributed by atoms with Gasteiger partial charge in [0.25, 0.3) is 5.91 Å². The maximum atomic E-state index is 12.4. The van der Waals surface area contributed by atoms with E-state index in [0.717, 1.165) is 11.3 Å². The van der Waals surface area contributed by atoms with E-state index < -0.39 is 5.54 Å². The van der Waals surface area contributed by atoms with Crippen LogP contribution in [0.25, 0.3) is 0 Å². The second kappa shape index (κ2) is 4.26. The number of hydrogen-bond acceptors (Lipinski definition) is 3. The Morgan fingerprint density at radius 3 is 2.95 bits per heavy atom. The molecule has 0 radical (unpaired) electrons. The Bertz CT molecular complexity index is 553. The number of hydrogen-bond donors (Lipinski definition) is 2. The number of nitrogens with one attached hydrogen (secondary N) is 2. The fraction of sp³-hybridized carbons (Fsp3) is 0.429. The summed E-state index contributed by atoms with van der Waals surface area (Å²) in [5.74, 6) is 1.27. The van der Waals surface area contributed by atoms with Crippen molar-refractivity contribution < 1.29 is 9.53 Å². The molecule has 0 saturated carbocycles. The van der Waals surface area contributed by atoms with Gasteiger partial charge in [-0.2, -0.15) is 0 Å². The Kier molecular flexibility index (Phi) is 2.69. The second-order valence-corrected chi connectivity index (χ2v) is 5.15. The van der Waals surface area contributed by atoms with Gasteiger partial charge in [0, 0.05) is 18.0 Å². The van der Waals surface area contributed by atoms with E-state index in [2.05, 4.69) is 15.6 Å². The molecule has 100 valence electrons. The van der Waals surface area contributed by atoms with Crippen molar-refractivity contribution in [2.24, 2.45) is 4.99 Å². The molecule has 1 unspecified atom stereocenters. The minimum atomic E-state index is -0.734. The number of para-hydroxylation sites is 1. The predicted molar refractivity (Wildman–Crippen MR) is 72.1 cm³/mol. The van der Waals surface area contributed by atoms with E-state index in [1.165, 1.54) is 0 Å². The van der Waals surface area contributed by atoms with Gasteiger partial charge in [-0.25, -0.2) is 0 Å². The molecule has 2 aliphatic rings. The quantitative estimate of drug-likeness (QED) is 0.795. The molecule has 1 saturated heterocycles. The average Bonchev–Trinajstić information content (AvgIpc) is 2.66. The van der Waals surface area contributed by atoms with E-state index in [1.54, 1.807) is 0 Å². The molecule has 0 aliphatic carbocycles. The highest BCUT2D eigenvalue weighted by Gasteiger charge is 2.49. The van der Waals surface area contributed by atoms with Crippen LogP contribution in [-0.4, -0.2) is 24.5 Å². The summed E-state index contributed by atoms with van der Waals surface area (Å²) in [4.78, 5) is 16.8. The maximum absolute atomic E-state index is 12.4. The van der Waals surface area contributed by atoms with Gasteiger partial charge in [-0.05, 0) is 19.9 Å². The lowest BCUT2D eigenvalue weighted by Crippen LogP contribution is -2.47. The molecular formula is C14H17N3O2. The summed E-state index contributed by atoms with van der Waals surface area (Å²) in [6, 6.07) is 7.78. The van der Waals surface area contributed by atoms with Crippen LogP contribution in [0.4, 0.5) is 0 Å². The molecule has 0 bridgehead atoms. The molecule has 1 aromatic rings. The van der Waals surface area contributed by atoms with Crippen LogP contribution in [0.15, 0.2) is 29.3 Å². The normalized spacial score (nSPS) is 27.1. The molecule has 5 nitrogen and oxygen atoms in total. The SMILES string of the molecule is CC(C)N=C1NC(=O)C2(CCOc3ccccc32)N1. The fourth-order valence-corrected chi connectivity index (χ4v) is 2.59. The van der Waals surface area contributed by atoms with Crippen molar-refractivity contribution in [1.82, 2.24) is 10.6 Å². The van der Waals surface area contributed by atoms with Crippen LogP contribution < -0.4 is 15.4 Å². The van der Waals surface area contributed by atoms with Gasteiger partial charge in [-0.3, -0.25) is 15.1 Å². The van der Waals surface area contributed by atoms with E-state index >= 15 is 0 Å². The number of carbonyl (C=O) groups excluding carboxylic acids is 1. The maximum Gasteiger partial charge on any atom is 0.257 e. The fourth-order valence-electron chi connectivity index (χ4n) is 2.59. The summed E-state index contributed by atoms with van der Waals surface area (Å²) in [6.07, 6.45) is 0.604. The zero-order chi connectivity index (χ0) is 13.5. The van der Waals surface area contributed by atoms with Crippen LogP contribution in [0.5, 0.6) is 5.75 Å². The van der Waals surface area contributed by atoms with Gasteiger partial charge in [-0.1, -0.05) is 18.2 Å². The van der Waals surface area contributed by atoms with Gasteiger partial charge < -0.3 is 10.1 Å². The highest BCUT2D eigenvalue weighted by molar-refractivity contribution is 6.09. The number of nitrogens with zero attached hydrogens (tertiary/aromatic N) is 1. The van der Waals surface area contributed by atoms with Crippen molar-refractivity contribution in [3.8, 4) is 5.75 Å². The number of amides is 1. The van der Waals surface area contributed by atoms with Crippen LogP contribution in [0.3, 0.4) is 0 Å². The standard InChI is InChI=1S/C14H17N3O2/c1-9(2)15-13-16-12(18)14(17-13)7-8-19-11-6-4-3-5-10(11)14/h3-6,9H,7-8H2,1-2H3,(H2,15,16,17,18). The molecule has 1 spiro atoms. The van der Waals surface area contributed by atoms with Crippen LogP contribution >= 0.6 is 0 Å². The van der Waals surface area contributed by atoms with Gasteiger partial charge in [0.1, 0.15) is 5.75 Å². The number of guanidine groups is 1. The van der Waals surface area contributed by atoms with Crippen molar-refractivity contribution in [2.45, 2.75) is 31.8 Å². The van der Waals surface area contributed by atoms with Gasteiger partial charge in [0.2, 0.25) is 0 Å². The third-order valence-corrected chi connectivity index (χ3v) is 3.42. The first-order valence-electron chi connectivity index (χ1n) is 6.51. The lowest BCUT2D eigenvalue weighted by molar-refractivity contribution is -0.125. The van der Waals surface area contributed by atoms with Crippen LogP contribution in [0, 0.1) is 0 Å². The lowest BCUT2D eigenvalue weighted by atomic mass is 9.85. The minimum Gasteiger partial charge on any atom is -0.493 e. The molecule has 19 heavy (non-hydrogen) atoms. The Balaban J connectivity index is 2.04. The zero-order valence-corrected chi connectivity index (χ0v) is 11.1. The molecule has 1 aromatic carbocycles. The van der Waals surface area contributed by atoms with Crippen molar-refractivity contribution in [1.29, 1.82) is 0 Å². The lowest BCUT2D eigenvalue weighted by Gasteiger charge is -2.32. The van der Waals surface area contributed by atoms with E-state index in [9.17, 15) is 4.79 Å². The summed E-state index contributed by atoms with van der Waals surface area (Å²) < 4.78 is 5.61. The molecule has 3 rings (SSSR count). The van der Waals surface area contributed by atoms with Gasteiger partial charge in [0.15, 0.2) is 11.5 Å². The Labute approximate surface area is 112 Å². The van der Waals surface area contributed by atoms with Crippen LogP contribution in [0.2, 0.25) is 0 Å². The summed E-state index contributed by atoms with van der Waals surface area (Å²) in [5.41, 5.74) is 0.149. The van der Waals surface area contributed by atoms with Crippen LogP contribution in [0.1, 0.15) is 25.8 Å². The van der Waals surface area contributed by atoms with E-state index in [4.69, 9.17) is 4.74 Å². The monoisotopic (exact) mass is 259 g/mol. The van der Waals surface area contributed by atoms with E-state index in [0.29, 0.717) is 19.0 Å². The van der Waals surface area contributed by atoms with E-state index in [1.807, 2.05) is 38.1 Å². The number of aliphatic imine (C=N–C) groups is 1. The summed E-state index contributed by atoms with van der Waals surface area (Å²) in [5, 5.41) is 6.08. The largest absolute Gasteiger partial charge is 0.493 e. The number of rotatable bonds is 1. The Morgan fingerprint density at radius 1 is 1.37 bits per heavy atom. The Morgan fingerprint density at radius 2 is 2.16 bits per heavy atom. The zero-order valence-electron chi connectivity index (χ0n) is 11.1. The smallest absolute Gasteiger partial charge is 0.257 e. The highest BCUT2D eigenvalue weighted by Crippen LogP contribution is 2.38. The third-order valence-electron chi connectivity index (χ3n) is 3.42. The summed E-state index contributed by atoms with van der Waals surface area (Å²) in [7, 11) is 0. The second-order valence-electron chi connectivity index (χ2n) is 5.15. The summed E-state index contributed by atoms with van der Waals surface area (Å²) in [6.45, 7) is 4.47. The number of carbonyl (C=O) groups is 1. The molecule has 1 atom stereocenters. The highest BCUT2D eigenvalue weighted by atomic mass is 16.5. The molecule has 5 heteroatoms. The minimum absolute atomic E-state index is 0.0531. The third kappa shape index (κ3) is 1.85. The van der Waals surface area contributed by atoms with Gasteiger partial charge in [-0.15, -0.1) is 0 Å². The molecule has 2 N–H and O–H groups in total. The average molecular weight is 259 g/mol.